The number of carbonyl (C=O) groups excluding carboxylic acids is 1. The number of benzene rings is 1. The number of halogens is 1. The van der Waals surface area contributed by atoms with Gasteiger partial charge in [0, 0.05) is 37.9 Å². The Morgan fingerprint density at radius 3 is 2.65 bits per heavy atom. The number of anilines is 1. The highest BCUT2D eigenvalue weighted by Gasteiger charge is 2.24. The van der Waals surface area contributed by atoms with Gasteiger partial charge in [-0.05, 0) is 36.4 Å². The number of fused-ring (bicyclic) bond motifs is 1. The second-order valence-corrected chi connectivity index (χ2v) is 8.02. The maximum atomic E-state index is 13.1. The number of aromatic nitrogens is 4. The largest absolute Gasteiger partial charge is 0.482 e. The number of hydrogen-bond donors (Lipinski definition) is 0. The fraction of sp³-hybridized carbons (Fsp3) is 0.238. The Labute approximate surface area is 181 Å². The number of amides is 1. The zero-order chi connectivity index (χ0) is 21.2. The van der Waals surface area contributed by atoms with E-state index in [4.69, 9.17) is 4.74 Å². The summed E-state index contributed by atoms with van der Waals surface area (Å²) >= 11 is 1.50. The van der Waals surface area contributed by atoms with Gasteiger partial charge in [0.25, 0.3) is 5.91 Å². The molecule has 8 nitrogen and oxygen atoms in total. The number of carbonyl (C=O) groups is 1. The highest BCUT2D eigenvalue weighted by molar-refractivity contribution is 7.20. The first kappa shape index (κ1) is 19.4. The molecule has 0 unspecified atom stereocenters. The Kier molecular flexibility index (Phi) is 5.21. The SMILES string of the molecule is O=C(COc1cccnc1)N1CCN(c2nn3cc(-c4ccc(F)cc4)nc3s2)CC1. The topological polar surface area (TPSA) is 75.9 Å². The molecule has 10 heteroatoms. The molecule has 1 aliphatic heterocycles. The highest BCUT2D eigenvalue weighted by atomic mass is 32.1. The molecular formula is C21H19FN6O2S. The Hall–Kier alpha value is -3.53. The molecule has 158 valence electrons. The van der Waals surface area contributed by atoms with Crippen LogP contribution in [-0.2, 0) is 4.79 Å². The van der Waals surface area contributed by atoms with Crippen molar-refractivity contribution in [2.75, 3.05) is 37.7 Å². The zero-order valence-electron chi connectivity index (χ0n) is 16.5. The summed E-state index contributed by atoms with van der Waals surface area (Å²) in [5.41, 5.74) is 1.61. The molecule has 31 heavy (non-hydrogen) atoms. The van der Waals surface area contributed by atoms with Crippen molar-refractivity contribution in [2.24, 2.45) is 0 Å². The third kappa shape index (κ3) is 4.19. The number of hydrogen-bond acceptors (Lipinski definition) is 7. The minimum Gasteiger partial charge on any atom is -0.482 e. The summed E-state index contributed by atoms with van der Waals surface area (Å²) in [5.74, 6) is 0.272. The van der Waals surface area contributed by atoms with Crippen LogP contribution in [0.2, 0.25) is 0 Å². The molecule has 1 saturated heterocycles. The van der Waals surface area contributed by atoms with Gasteiger partial charge in [0.05, 0.1) is 18.1 Å². The zero-order valence-corrected chi connectivity index (χ0v) is 17.3. The first-order valence-corrected chi connectivity index (χ1v) is 10.6. The van der Waals surface area contributed by atoms with Crippen molar-refractivity contribution >= 4 is 27.3 Å². The number of nitrogens with zero attached hydrogens (tertiary/aromatic N) is 6. The van der Waals surface area contributed by atoms with Gasteiger partial charge in [-0.3, -0.25) is 9.78 Å². The van der Waals surface area contributed by atoms with E-state index in [0.29, 0.717) is 31.9 Å². The first-order chi connectivity index (χ1) is 15.2. The fourth-order valence-electron chi connectivity index (χ4n) is 3.39. The predicted molar refractivity (Wildman–Crippen MR) is 115 cm³/mol. The smallest absolute Gasteiger partial charge is 0.260 e. The summed E-state index contributed by atoms with van der Waals surface area (Å²) in [5, 5.41) is 5.50. The average molecular weight is 438 g/mol. The summed E-state index contributed by atoms with van der Waals surface area (Å²) in [6.45, 7) is 2.61. The Morgan fingerprint density at radius 1 is 1.13 bits per heavy atom. The molecule has 0 N–H and O–H groups in total. The molecule has 1 amide bonds. The molecule has 0 radical (unpaired) electrons. The molecule has 0 aliphatic carbocycles. The normalized spacial score (nSPS) is 14.2. The second-order valence-electron chi connectivity index (χ2n) is 7.09. The van der Waals surface area contributed by atoms with Crippen molar-refractivity contribution in [3.05, 3.63) is 60.8 Å². The second kappa shape index (κ2) is 8.31. The van der Waals surface area contributed by atoms with Crippen LogP contribution in [-0.4, -0.2) is 63.2 Å². The molecule has 0 saturated carbocycles. The minimum absolute atomic E-state index is 0.00291. The fourth-order valence-corrected chi connectivity index (χ4v) is 4.33. The van der Waals surface area contributed by atoms with E-state index in [-0.39, 0.29) is 18.3 Å². The highest BCUT2D eigenvalue weighted by Crippen LogP contribution is 2.27. The molecule has 3 aromatic heterocycles. The van der Waals surface area contributed by atoms with Gasteiger partial charge in [-0.25, -0.2) is 13.9 Å². The van der Waals surface area contributed by atoms with E-state index >= 15 is 0 Å². The van der Waals surface area contributed by atoms with Gasteiger partial charge in [0.15, 0.2) is 6.61 Å². The van der Waals surface area contributed by atoms with Crippen LogP contribution in [0, 0.1) is 5.82 Å². The number of pyridine rings is 1. The summed E-state index contributed by atoms with van der Waals surface area (Å²) in [6, 6.07) is 9.80. The molecule has 0 atom stereocenters. The number of rotatable bonds is 5. The Balaban J connectivity index is 1.19. The quantitative estimate of drug-likeness (QED) is 0.477. The van der Waals surface area contributed by atoms with Crippen molar-refractivity contribution in [1.82, 2.24) is 24.5 Å². The molecule has 0 bridgehead atoms. The van der Waals surface area contributed by atoms with E-state index in [9.17, 15) is 9.18 Å². The summed E-state index contributed by atoms with van der Waals surface area (Å²) in [7, 11) is 0. The lowest BCUT2D eigenvalue weighted by Gasteiger charge is -2.34. The number of piperazine rings is 1. The van der Waals surface area contributed by atoms with E-state index in [1.165, 1.54) is 23.5 Å². The summed E-state index contributed by atoms with van der Waals surface area (Å²) in [6.07, 6.45) is 5.09. The lowest BCUT2D eigenvalue weighted by Crippen LogP contribution is -2.50. The standard InChI is InChI=1S/C21H19FN6O2S/c22-16-5-3-15(4-6-16)18-13-28-20(24-18)31-21(25-28)27-10-8-26(9-11-27)19(29)14-30-17-2-1-7-23-12-17/h1-7,12-13H,8-11,14H2. The molecule has 0 spiro atoms. The van der Waals surface area contributed by atoms with Gasteiger partial charge in [-0.15, -0.1) is 5.10 Å². The minimum atomic E-state index is -0.272. The Morgan fingerprint density at radius 2 is 1.94 bits per heavy atom. The maximum Gasteiger partial charge on any atom is 0.260 e. The van der Waals surface area contributed by atoms with Crippen molar-refractivity contribution in [3.63, 3.8) is 0 Å². The van der Waals surface area contributed by atoms with Gasteiger partial charge >= 0.3 is 0 Å². The van der Waals surface area contributed by atoms with Crippen molar-refractivity contribution in [3.8, 4) is 17.0 Å². The van der Waals surface area contributed by atoms with Crippen LogP contribution in [0.15, 0.2) is 55.0 Å². The van der Waals surface area contributed by atoms with Gasteiger partial charge < -0.3 is 14.5 Å². The summed E-state index contributed by atoms with van der Waals surface area (Å²) in [4.78, 5) is 25.7. The molecule has 1 fully saturated rings. The van der Waals surface area contributed by atoms with Crippen LogP contribution in [0.4, 0.5) is 9.52 Å². The third-order valence-electron chi connectivity index (χ3n) is 5.07. The molecular weight excluding hydrogens is 419 g/mol. The van der Waals surface area contributed by atoms with Gasteiger partial charge in [0.2, 0.25) is 10.1 Å². The third-order valence-corrected chi connectivity index (χ3v) is 6.06. The van der Waals surface area contributed by atoms with Crippen LogP contribution in [0.5, 0.6) is 5.75 Å². The molecule has 1 aliphatic rings. The lowest BCUT2D eigenvalue weighted by atomic mass is 10.2. The maximum absolute atomic E-state index is 13.1. The monoisotopic (exact) mass is 438 g/mol. The average Bonchev–Trinajstić information content (AvgIpc) is 3.38. The van der Waals surface area contributed by atoms with Crippen molar-refractivity contribution in [1.29, 1.82) is 0 Å². The number of imidazole rings is 1. The van der Waals surface area contributed by atoms with Crippen molar-refractivity contribution < 1.29 is 13.9 Å². The van der Waals surface area contributed by atoms with Gasteiger partial charge in [0.1, 0.15) is 11.6 Å². The predicted octanol–water partition coefficient (Wildman–Crippen LogP) is 2.72. The molecule has 4 heterocycles. The van der Waals surface area contributed by atoms with Crippen LogP contribution in [0.3, 0.4) is 0 Å². The van der Waals surface area contributed by atoms with Gasteiger partial charge in [-0.1, -0.05) is 11.3 Å². The van der Waals surface area contributed by atoms with E-state index < -0.39 is 0 Å². The van der Waals surface area contributed by atoms with Crippen LogP contribution >= 0.6 is 11.3 Å². The summed E-state index contributed by atoms with van der Waals surface area (Å²) < 4.78 is 20.4. The molecule has 5 rings (SSSR count). The van der Waals surface area contributed by atoms with E-state index in [1.807, 2.05) is 6.20 Å². The molecule has 4 aromatic rings. The van der Waals surface area contributed by atoms with Gasteiger partial charge in [-0.2, -0.15) is 0 Å². The van der Waals surface area contributed by atoms with E-state index in [1.54, 1.807) is 46.1 Å². The van der Waals surface area contributed by atoms with Crippen molar-refractivity contribution in [2.45, 2.75) is 0 Å². The number of ether oxygens (including phenoxy) is 1. The van der Waals surface area contributed by atoms with E-state index in [2.05, 4.69) is 20.0 Å². The lowest BCUT2D eigenvalue weighted by molar-refractivity contribution is -0.133. The first-order valence-electron chi connectivity index (χ1n) is 9.83. The van der Waals surface area contributed by atoms with Crippen LogP contribution < -0.4 is 9.64 Å². The van der Waals surface area contributed by atoms with Crippen LogP contribution in [0.1, 0.15) is 0 Å². The Bertz CT molecular complexity index is 1150. The molecule has 1 aromatic carbocycles. The van der Waals surface area contributed by atoms with E-state index in [0.717, 1.165) is 21.3 Å². The van der Waals surface area contributed by atoms with Crippen LogP contribution in [0.25, 0.3) is 16.2 Å².